The van der Waals surface area contributed by atoms with Crippen molar-refractivity contribution < 1.29 is 13.2 Å². The molecule has 1 heterocycles. The van der Waals surface area contributed by atoms with E-state index < -0.39 is 12.7 Å². The molecule has 7 heteroatoms. The van der Waals surface area contributed by atoms with Crippen LogP contribution in [0.1, 0.15) is 24.2 Å². The molecule has 0 bridgehead atoms. The summed E-state index contributed by atoms with van der Waals surface area (Å²) in [7, 11) is 0. The van der Waals surface area contributed by atoms with E-state index in [1.54, 1.807) is 0 Å². The molecule has 2 rings (SSSR count). The molecule has 90 valence electrons. The third-order valence-corrected chi connectivity index (χ3v) is 2.62. The summed E-state index contributed by atoms with van der Waals surface area (Å²) in [4.78, 5) is 0. The lowest BCUT2D eigenvalue weighted by molar-refractivity contribution is -0.143. The van der Waals surface area contributed by atoms with E-state index in [2.05, 4.69) is 10.3 Å². The van der Waals surface area contributed by atoms with Crippen molar-refractivity contribution in [3.63, 3.8) is 0 Å². The highest BCUT2D eigenvalue weighted by atomic mass is 19.4. The lowest BCUT2D eigenvalue weighted by Gasteiger charge is -2.09. The molecule has 1 fully saturated rings. The van der Waals surface area contributed by atoms with E-state index in [9.17, 15) is 13.2 Å². The number of nitrogens with two attached hydrogens (primary N) is 1. The van der Waals surface area contributed by atoms with Crippen molar-refractivity contribution in [1.82, 2.24) is 15.0 Å². The van der Waals surface area contributed by atoms with Gasteiger partial charge in [-0.3, -0.25) is 0 Å². The maximum atomic E-state index is 12.3. The summed E-state index contributed by atoms with van der Waals surface area (Å²) in [6, 6.07) is 0. The normalized spacial score (nSPS) is 16.8. The third-order valence-electron chi connectivity index (χ3n) is 2.62. The van der Waals surface area contributed by atoms with Crippen LogP contribution in [0.3, 0.4) is 0 Å². The van der Waals surface area contributed by atoms with Crippen molar-refractivity contribution >= 4 is 0 Å². The molecule has 16 heavy (non-hydrogen) atoms. The van der Waals surface area contributed by atoms with Crippen molar-refractivity contribution in [2.75, 3.05) is 0 Å². The Labute approximate surface area is 90.6 Å². The summed E-state index contributed by atoms with van der Waals surface area (Å²) < 4.78 is 37.7. The molecule has 0 atom stereocenters. The summed E-state index contributed by atoms with van der Waals surface area (Å²) in [6.45, 7) is -0.942. The van der Waals surface area contributed by atoms with E-state index >= 15 is 0 Å². The Bertz CT molecular complexity index is 367. The van der Waals surface area contributed by atoms with Crippen LogP contribution in [0, 0.1) is 5.92 Å². The van der Waals surface area contributed by atoms with Crippen LogP contribution >= 0.6 is 0 Å². The molecule has 1 aromatic heterocycles. The summed E-state index contributed by atoms with van der Waals surface area (Å²) in [6.07, 6.45) is -1.52. The van der Waals surface area contributed by atoms with Gasteiger partial charge in [0.2, 0.25) is 0 Å². The van der Waals surface area contributed by atoms with Gasteiger partial charge in [-0.15, -0.1) is 5.10 Å². The van der Waals surface area contributed by atoms with Crippen LogP contribution in [0.5, 0.6) is 0 Å². The van der Waals surface area contributed by atoms with Crippen molar-refractivity contribution in [1.29, 1.82) is 0 Å². The lowest BCUT2D eigenvalue weighted by Crippen LogP contribution is -2.21. The second kappa shape index (κ2) is 4.04. The number of halogens is 3. The van der Waals surface area contributed by atoms with E-state index in [0.717, 1.165) is 17.5 Å². The molecular formula is C9H13F3N4. The van der Waals surface area contributed by atoms with Gasteiger partial charge in [-0.05, 0) is 25.2 Å². The first-order valence-electron chi connectivity index (χ1n) is 5.17. The van der Waals surface area contributed by atoms with E-state index in [1.807, 2.05) is 0 Å². The van der Waals surface area contributed by atoms with Gasteiger partial charge in [0, 0.05) is 6.54 Å². The van der Waals surface area contributed by atoms with Crippen LogP contribution < -0.4 is 5.73 Å². The first-order chi connectivity index (χ1) is 7.49. The van der Waals surface area contributed by atoms with Crippen molar-refractivity contribution in [2.45, 2.75) is 38.5 Å². The molecule has 0 saturated heterocycles. The molecule has 0 radical (unpaired) electrons. The summed E-state index contributed by atoms with van der Waals surface area (Å²) >= 11 is 0. The fourth-order valence-corrected chi connectivity index (χ4v) is 1.64. The minimum absolute atomic E-state index is 0.139. The number of aromatic nitrogens is 3. The maximum Gasteiger partial charge on any atom is 0.408 e. The molecule has 1 aliphatic rings. The molecule has 1 saturated carbocycles. The highest BCUT2D eigenvalue weighted by Gasteiger charge is 2.32. The van der Waals surface area contributed by atoms with Gasteiger partial charge in [0.1, 0.15) is 6.54 Å². The standard InChI is InChI=1S/C9H13F3N4/c10-9(11,12)5-16-8(3-6-1-2-6)7(4-13)14-15-16/h6H,1-5,13H2. The van der Waals surface area contributed by atoms with Crippen LogP contribution in [-0.4, -0.2) is 21.2 Å². The minimum atomic E-state index is -4.27. The highest BCUT2D eigenvalue weighted by Crippen LogP contribution is 2.33. The molecule has 0 unspecified atom stereocenters. The number of nitrogens with zero attached hydrogens (tertiary/aromatic N) is 3. The van der Waals surface area contributed by atoms with Crippen molar-refractivity contribution in [3.05, 3.63) is 11.4 Å². The Hall–Kier alpha value is -1.11. The molecule has 0 aliphatic heterocycles. The van der Waals surface area contributed by atoms with Gasteiger partial charge < -0.3 is 5.73 Å². The smallest absolute Gasteiger partial charge is 0.325 e. The topological polar surface area (TPSA) is 56.7 Å². The van der Waals surface area contributed by atoms with Crippen LogP contribution in [0.15, 0.2) is 0 Å². The van der Waals surface area contributed by atoms with Crippen molar-refractivity contribution in [2.24, 2.45) is 11.7 Å². The number of hydrogen-bond donors (Lipinski definition) is 1. The molecule has 2 N–H and O–H groups in total. The predicted octanol–water partition coefficient (Wildman–Crippen LogP) is 1.25. The van der Waals surface area contributed by atoms with E-state index in [4.69, 9.17) is 5.73 Å². The van der Waals surface area contributed by atoms with E-state index in [-0.39, 0.29) is 6.54 Å². The molecule has 1 aromatic rings. The average Bonchev–Trinajstić information content (AvgIpc) is 2.90. The molecule has 1 aliphatic carbocycles. The van der Waals surface area contributed by atoms with Crippen LogP contribution in [0.25, 0.3) is 0 Å². The SMILES string of the molecule is NCc1nnn(CC(F)(F)F)c1CC1CC1. The quantitative estimate of drug-likeness (QED) is 0.853. The van der Waals surface area contributed by atoms with Gasteiger partial charge in [0.15, 0.2) is 0 Å². The van der Waals surface area contributed by atoms with E-state index in [0.29, 0.717) is 23.7 Å². The zero-order valence-corrected chi connectivity index (χ0v) is 8.67. The largest absolute Gasteiger partial charge is 0.408 e. The second-order valence-electron chi connectivity index (χ2n) is 4.11. The Morgan fingerprint density at radius 3 is 2.56 bits per heavy atom. The summed E-state index contributed by atoms with van der Waals surface area (Å²) in [5.41, 5.74) is 6.45. The number of hydrogen-bond acceptors (Lipinski definition) is 3. The molecule has 4 nitrogen and oxygen atoms in total. The monoisotopic (exact) mass is 234 g/mol. The fourth-order valence-electron chi connectivity index (χ4n) is 1.64. The minimum Gasteiger partial charge on any atom is -0.325 e. The molecule has 0 aromatic carbocycles. The van der Waals surface area contributed by atoms with Gasteiger partial charge in [0.05, 0.1) is 11.4 Å². The Balaban J connectivity index is 2.18. The fraction of sp³-hybridized carbons (Fsp3) is 0.778. The zero-order valence-electron chi connectivity index (χ0n) is 8.67. The van der Waals surface area contributed by atoms with Crippen LogP contribution in [0.2, 0.25) is 0 Å². The van der Waals surface area contributed by atoms with Gasteiger partial charge >= 0.3 is 6.18 Å². The van der Waals surface area contributed by atoms with Gasteiger partial charge in [-0.2, -0.15) is 13.2 Å². The van der Waals surface area contributed by atoms with Gasteiger partial charge in [-0.25, -0.2) is 4.68 Å². The van der Waals surface area contributed by atoms with Crippen LogP contribution in [-0.2, 0) is 19.5 Å². The number of rotatable bonds is 4. The molecular weight excluding hydrogens is 221 g/mol. The first-order valence-corrected chi connectivity index (χ1v) is 5.17. The molecule has 0 spiro atoms. The van der Waals surface area contributed by atoms with Crippen LogP contribution in [0.4, 0.5) is 13.2 Å². The van der Waals surface area contributed by atoms with Gasteiger partial charge in [-0.1, -0.05) is 5.21 Å². The third kappa shape index (κ3) is 2.72. The second-order valence-corrected chi connectivity index (χ2v) is 4.11. The Morgan fingerprint density at radius 2 is 2.06 bits per heavy atom. The molecule has 0 amide bonds. The first kappa shape index (κ1) is 11.4. The zero-order chi connectivity index (χ0) is 11.8. The predicted molar refractivity (Wildman–Crippen MR) is 50.4 cm³/mol. The average molecular weight is 234 g/mol. The van der Waals surface area contributed by atoms with E-state index in [1.165, 1.54) is 0 Å². The highest BCUT2D eigenvalue weighted by molar-refractivity contribution is 5.12. The Morgan fingerprint density at radius 1 is 1.38 bits per heavy atom. The summed E-state index contributed by atoms with van der Waals surface area (Å²) in [5.74, 6) is 0.482. The van der Waals surface area contributed by atoms with Crippen molar-refractivity contribution in [3.8, 4) is 0 Å². The Kier molecular flexibility index (Phi) is 2.88. The lowest BCUT2D eigenvalue weighted by atomic mass is 10.2. The maximum absolute atomic E-state index is 12.3. The summed E-state index contributed by atoms with van der Waals surface area (Å²) in [5, 5.41) is 7.21. The van der Waals surface area contributed by atoms with Gasteiger partial charge in [0.25, 0.3) is 0 Å². The number of alkyl halides is 3.